The van der Waals surface area contributed by atoms with Crippen molar-refractivity contribution in [1.29, 1.82) is 0 Å². The van der Waals surface area contributed by atoms with E-state index in [1.807, 2.05) is 13.0 Å². The standard InChI is InChI=1S/C18H17BrClNO4/c1-10-9-21(14-6-4-5-13(20)17(14)25-10)18(22)12-7-11(19)8-15(23-2)16(12)24-3/h4-8,10H,9H2,1-3H3/t10-/m0/s1. The van der Waals surface area contributed by atoms with Crippen molar-refractivity contribution in [2.75, 3.05) is 25.7 Å². The Morgan fingerprint density at radius 3 is 2.76 bits per heavy atom. The third-order valence-corrected chi connectivity index (χ3v) is 4.67. The van der Waals surface area contributed by atoms with E-state index in [4.69, 9.17) is 25.8 Å². The molecule has 25 heavy (non-hydrogen) atoms. The fraction of sp³-hybridized carbons (Fsp3) is 0.278. The molecular weight excluding hydrogens is 410 g/mol. The Bertz CT molecular complexity index is 827. The molecule has 0 N–H and O–H groups in total. The van der Waals surface area contributed by atoms with Crippen LogP contribution in [0.25, 0.3) is 0 Å². The molecule has 0 saturated heterocycles. The number of para-hydroxylation sites is 1. The van der Waals surface area contributed by atoms with Crippen molar-refractivity contribution < 1.29 is 19.0 Å². The van der Waals surface area contributed by atoms with E-state index < -0.39 is 0 Å². The number of carbonyl (C=O) groups excluding carboxylic acids is 1. The summed E-state index contributed by atoms with van der Waals surface area (Å²) < 4.78 is 17.3. The molecule has 7 heteroatoms. The molecule has 0 bridgehead atoms. The van der Waals surface area contributed by atoms with Gasteiger partial charge in [-0.3, -0.25) is 4.79 Å². The molecule has 3 rings (SSSR count). The lowest BCUT2D eigenvalue weighted by Crippen LogP contribution is -2.42. The second kappa shape index (κ2) is 7.14. The topological polar surface area (TPSA) is 48.0 Å². The predicted molar refractivity (Wildman–Crippen MR) is 100 cm³/mol. The van der Waals surface area contributed by atoms with Crippen LogP contribution in [0.3, 0.4) is 0 Å². The molecule has 0 saturated carbocycles. The van der Waals surface area contributed by atoms with E-state index in [0.29, 0.717) is 40.1 Å². The molecule has 5 nitrogen and oxygen atoms in total. The number of amides is 1. The lowest BCUT2D eigenvalue weighted by atomic mass is 10.1. The largest absolute Gasteiger partial charge is 0.493 e. The van der Waals surface area contributed by atoms with Gasteiger partial charge in [-0.15, -0.1) is 0 Å². The number of carbonyl (C=O) groups is 1. The average molecular weight is 427 g/mol. The molecular formula is C18H17BrClNO4. The van der Waals surface area contributed by atoms with Crippen LogP contribution >= 0.6 is 27.5 Å². The number of methoxy groups -OCH3 is 2. The van der Waals surface area contributed by atoms with Crippen LogP contribution in [0.5, 0.6) is 17.2 Å². The van der Waals surface area contributed by atoms with Gasteiger partial charge in [-0.1, -0.05) is 33.6 Å². The fourth-order valence-electron chi connectivity index (χ4n) is 2.85. The summed E-state index contributed by atoms with van der Waals surface area (Å²) in [6.07, 6.45) is -0.184. The minimum absolute atomic E-state index is 0.184. The van der Waals surface area contributed by atoms with E-state index in [1.165, 1.54) is 14.2 Å². The van der Waals surface area contributed by atoms with Crippen LogP contribution < -0.4 is 19.1 Å². The van der Waals surface area contributed by atoms with Gasteiger partial charge < -0.3 is 19.1 Å². The predicted octanol–water partition coefficient (Wildman–Crippen LogP) is 4.55. The van der Waals surface area contributed by atoms with Gasteiger partial charge >= 0.3 is 0 Å². The summed E-state index contributed by atoms with van der Waals surface area (Å²) in [6, 6.07) is 8.81. The Morgan fingerprint density at radius 1 is 1.32 bits per heavy atom. The van der Waals surface area contributed by atoms with Gasteiger partial charge in [0.1, 0.15) is 6.10 Å². The Kier molecular flexibility index (Phi) is 5.11. The van der Waals surface area contributed by atoms with Crippen molar-refractivity contribution in [2.45, 2.75) is 13.0 Å². The number of hydrogen-bond acceptors (Lipinski definition) is 4. The molecule has 2 aromatic rings. The summed E-state index contributed by atoms with van der Waals surface area (Å²) in [7, 11) is 3.04. The van der Waals surface area contributed by atoms with Crippen molar-refractivity contribution in [3.05, 3.63) is 45.4 Å². The third kappa shape index (κ3) is 3.28. The molecule has 1 heterocycles. The van der Waals surface area contributed by atoms with Crippen molar-refractivity contribution in [3.8, 4) is 17.2 Å². The maximum Gasteiger partial charge on any atom is 0.262 e. The minimum Gasteiger partial charge on any atom is -0.493 e. The van der Waals surface area contributed by atoms with Gasteiger partial charge in [-0.05, 0) is 31.2 Å². The Morgan fingerprint density at radius 2 is 2.08 bits per heavy atom. The van der Waals surface area contributed by atoms with E-state index in [1.54, 1.807) is 29.2 Å². The van der Waals surface area contributed by atoms with Crippen molar-refractivity contribution >= 4 is 39.1 Å². The Labute approximate surface area is 159 Å². The van der Waals surface area contributed by atoms with Gasteiger partial charge in [0, 0.05) is 4.47 Å². The first-order valence-electron chi connectivity index (χ1n) is 7.64. The monoisotopic (exact) mass is 425 g/mol. The summed E-state index contributed by atoms with van der Waals surface area (Å²) in [5.41, 5.74) is 1.03. The molecule has 0 radical (unpaired) electrons. The third-order valence-electron chi connectivity index (χ3n) is 3.91. The summed E-state index contributed by atoms with van der Waals surface area (Å²) in [5.74, 6) is 1.17. The highest BCUT2D eigenvalue weighted by Crippen LogP contribution is 2.42. The van der Waals surface area contributed by atoms with Gasteiger partial charge in [-0.25, -0.2) is 0 Å². The van der Waals surface area contributed by atoms with Gasteiger partial charge in [0.25, 0.3) is 5.91 Å². The molecule has 0 unspecified atom stereocenters. The van der Waals surface area contributed by atoms with E-state index in [9.17, 15) is 4.79 Å². The second-order valence-electron chi connectivity index (χ2n) is 5.62. The molecule has 0 spiro atoms. The quantitative estimate of drug-likeness (QED) is 0.722. The molecule has 1 atom stereocenters. The van der Waals surface area contributed by atoms with Crippen molar-refractivity contribution in [1.82, 2.24) is 0 Å². The number of hydrogen-bond donors (Lipinski definition) is 0. The normalized spacial score (nSPS) is 16.0. The summed E-state index contributed by atoms with van der Waals surface area (Å²) >= 11 is 9.65. The Hall–Kier alpha value is -1.92. The van der Waals surface area contributed by atoms with Crippen LogP contribution in [-0.2, 0) is 0 Å². The number of ether oxygens (including phenoxy) is 3. The zero-order chi connectivity index (χ0) is 18.1. The molecule has 0 fully saturated rings. The second-order valence-corrected chi connectivity index (χ2v) is 6.94. The number of anilines is 1. The SMILES string of the molecule is COc1cc(Br)cc(C(=O)N2C[C@H](C)Oc3c(Cl)cccc32)c1OC. The van der Waals surface area contributed by atoms with Gasteiger partial charge in [-0.2, -0.15) is 0 Å². The molecule has 1 aliphatic heterocycles. The van der Waals surface area contributed by atoms with Crippen LogP contribution in [-0.4, -0.2) is 32.8 Å². The number of halogens is 2. The molecule has 1 aliphatic rings. The van der Waals surface area contributed by atoms with Crippen LogP contribution in [0, 0.1) is 0 Å². The minimum atomic E-state index is -0.213. The number of benzene rings is 2. The lowest BCUT2D eigenvalue weighted by Gasteiger charge is -2.34. The first-order chi connectivity index (χ1) is 12.0. The molecule has 0 aliphatic carbocycles. The fourth-order valence-corrected chi connectivity index (χ4v) is 3.50. The molecule has 1 amide bonds. The summed E-state index contributed by atoms with van der Waals surface area (Å²) in [6.45, 7) is 2.30. The van der Waals surface area contributed by atoms with Crippen LogP contribution in [0.4, 0.5) is 5.69 Å². The zero-order valence-electron chi connectivity index (χ0n) is 14.0. The average Bonchev–Trinajstić information content (AvgIpc) is 2.60. The van der Waals surface area contributed by atoms with Gasteiger partial charge in [0.05, 0.1) is 37.0 Å². The van der Waals surface area contributed by atoms with Crippen molar-refractivity contribution in [3.63, 3.8) is 0 Å². The summed E-state index contributed by atoms with van der Waals surface area (Å²) in [5, 5.41) is 0.473. The van der Waals surface area contributed by atoms with E-state index >= 15 is 0 Å². The first kappa shape index (κ1) is 17.9. The number of fused-ring (bicyclic) bond motifs is 1. The van der Waals surface area contributed by atoms with E-state index in [2.05, 4.69) is 15.9 Å². The van der Waals surface area contributed by atoms with E-state index in [-0.39, 0.29) is 12.0 Å². The molecule has 2 aromatic carbocycles. The Balaban J connectivity index is 2.11. The van der Waals surface area contributed by atoms with Gasteiger partial charge in [0.2, 0.25) is 0 Å². The summed E-state index contributed by atoms with van der Waals surface area (Å²) in [4.78, 5) is 14.9. The highest BCUT2D eigenvalue weighted by molar-refractivity contribution is 9.10. The zero-order valence-corrected chi connectivity index (χ0v) is 16.3. The maximum atomic E-state index is 13.3. The van der Waals surface area contributed by atoms with Crippen molar-refractivity contribution in [2.24, 2.45) is 0 Å². The first-order valence-corrected chi connectivity index (χ1v) is 8.82. The van der Waals surface area contributed by atoms with E-state index in [0.717, 1.165) is 4.47 Å². The lowest BCUT2D eigenvalue weighted by molar-refractivity contribution is 0.0957. The highest BCUT2D eigenvalue weighted by Gasteiger charge is 2.32. The number of rotatable bonds is 3. The van der Waals surface area contributed by atoms with Crippen LogP contribution in [0.1, 0.15) is 17.3 Å². The molecule has 0 aromatic heterocycles. The van der Waals surface area contributed by atoms with Crippen LogP contribution in [0.15, 0.2) is 34.8 Å². The highest BCUT2D eigenvalue weighted by atomic mass is 79.9. The maximum absolute atomic E-state index is 13.3. The van der Waals surface area contributed by atoms with Gasteiger partial charge in [0.15, 0.2) is 17.2 Å². The van der Waals surface area contributed by atoms with Crippen LogP contribution in [0.2, 0.25) is 5.02 Å². The number of nitrogens with zero attached hydrogens (tertiary/aromatic N) is 1. The molecule has 132 valence electrons. The smallest absolute Gasteiger partial charge is 0.262 e.